The third kappa shape index (κ3) is 5.73. The molecule has 1 aliphatic rings. The van der Waals surface area contributed by atoms with Gasteiger partial charge in [0.1, 0.15) is 15.9 Å². The van der Waals surface area contributed by atoms with E-state index in [-0.39, 0.29) is 0 Å². The second-order valence-corrected chi connectivity index (χ2v) is 12.5. The zero-order valence-corrected chi connectivity index (χ0v) is 24.2. The Labute approximate surface area is 232 Å². The van der Waals surface area contributed by atoms with Gasteiger partial charge in [0.15, 0.2) is 0 Å². The first kappa shape index (κ1) is 25.2. The highest BCUT2D eigenvalue weighted by Gasteiger charge is 2.24. The molecule has 0 nitrogen and oxygen atoms in total. The molecule has 0 fully saturated rings. The number of rotatable bonds is 5. The predicted molar refractivity (Wildman–Crippen MR) is 166 cm³/mol. The Balaban J connectivity index is 0.000000149. The molecule has 5 aromatic carbocycles. The lowest BCUT2D eigenvalue weighted by atomic mass is 10.0. The average Bonchev–Trinajstić information content (AvgIpc) is 3.32. The quantitative estimate of drug-likeness (QED) is 0.136. The van der Waals surface area contributed by atoms with Crippen LogP contribution < -0.4 is 15.9 Å². The van der Waals surface area contributed by atoms with E-state index in [1.807, 2.05) is 0 Å². The second kappa shape index (κ2) is 12.2. The molecule has 0 aromatic heterocycles. The van der Waals surface area contributed by atoms with Crippen molar-refractivity contribution in [3.05, 3.63) is 150 Å². The summed E-state index contributed by atoms with van der Waals surface area (Å²) in [6.45, 7) is 0. The van der Waals surface area contributed by atoms with Crippen molar-refractivity contribution in [1.29, 1.82) is 0 Å². The van der Waals surface area contributed by atoms with E-state index in [4.69, 9.17) is 0 Å². The molecule has 0 heterocycles. The smallest absolute Gasteiger partial charge is 0.0876 e. The lowest BCUT2D eigenvalue weighted by molar-refractivity contribution is 1.23. The van der Waals surface area contributed by atoms with E-state index in [9.17, 15) is 0 Å². The third-order valence-corrected chi connectivity index (χ3v) is 10.5. The van der Waals surface area contributed by atoms with Gasteiger partial charge in [-0.15, -0.1) is 0 Å². The summed E-state index contributed by atoms with van der Waals surface area (Å²) in [6, 6.07) is 46.1. The van der Waals surface area contributed by atoms with Crippen LogP contribution in [0, 0.1) is 0 Å². The molecule has 36 heavy (non-hydrogen) atoms. The Kier molecular flexibility index (Phi) is 8.49. The lowest BCUT2D eigenvalue weighted by Crippen LogP contribution is -2.20. The molecular formula is C33H28Br2P+. The summed E-state index contributed by atoms with van der Waals surface area (Å²) in [5, 5.41) is 6.17. The predicted octanol–water partition coefficient (Wildman–Crippen LogP) is 8.22. The molecule has 0 unspecified atom stereocenters. The Morgan fingerprint density at radius 3 is 1.17 bits per heavy atom. The molecule has 3 heteroatoms. The Bertz CT molecular complexity index is 1270. The van der Waals surface area contributed by atoms with E-state index < -0.39 is 7.92 Å². The fourth-order valence-electron chi connectivity index (χ4n) is 4.80. The van der Waals surface area contributed by atoms with E-state index in [1.54, 1.807) is 0 Å². The molecule has 0 aliphatic heterocycles. The summed E-state index contributed by atoms with van der Waals surface area (Å²) in [5.41, 5.74) is 8.46. The fourth-order valence-corrected chi connectivity index (χ4v) is 8.07. The van der Waals surface area contributed by atoms with Gasteiger partial charge in [0.25, 0.3) is 0 Å². The van der Waals surface area contributed by atoms with Gasteiger partial charge in [0.05, 0.1) is 7.92 Å². The third-order valence-electron chi connectivity index (χ3n) is 6.51. The molecule has 5 aromatic rings. The lowest BCUT2D eigenvalue weighted by Gasteiger charge is -2.10. The van der Waals surface area contributed by atoms with Crippen molar-refractivity contribution in [1.82, 2.24) is 0 Å². The average molecular weight is 615 g/mol. The number of hydrogen-bond donors (Lipinski definition) is 0. The molecule has 6 rings (SSSR count). The number of hydrogen-bond acceptors (Lipinski definition) is 0. The van der Waals surface area contributed by atoms with Gasteiger partial charge in [-0.25, -0.2) is 0 Å². The number of fused-ring (bicyclic) bond motifs is 3. The molecule has 1 aliphatic carbocycles. The molecule has 0 radical (unpaired) electrons. The van der Waals surface area contributed by atoms with Crippen molar-refractivity contribution in [2.75, 3.05) is 0 Å². The highest BCUT2D eigenvalue weighted by molar-refractivity contribution is 9.08. The maximum absolute atomic E-state index is 3.52. The van der Waals surface area contributed by atoms with E-state index in [1.165, 1.54) is 49.3 Å². The van der Waals surface area contributed by atoms with E-state index in [0.717, 1.165) is 17.1 Å². The minimum Gasteiger partial charge on any atom is -0.0876 e. The minimum atomic E-state index is -0.877. The van der Waals surface area contributed by atoms with Gasteiger partial charge in [0.2, 0.25) is 0 Å². The first-order chi connectivity index (χ1) is 17.8. The van der Waals surface area contributed by atoms with E-state index in [0.29, 0.717) is 0 Å². The standard InChI is InChI=1S/C18H15P.C15H12Br2/c1-4-10-16(11-5-1)19(17-12-6-2-7-13-17)18-14-8-3-9-15-18;16-8-10-1-3-14-12(5-10)7-13-6-11(9-17)2-4-15(13)14/h1-15H;1-6H,7-9H2/p+1. The van der Waals surface area contributed by atoms with Crippen molar-refractivity contribution in [2.24, 2.45) is 0 Å². The first-order valence-electron chi connectivity index (χ1n) is 12.2. The second-order valence-electron chi connectivity index (χ2n) is 8.90. The van der Waals surface area contributed by atoms with Crippen LogP contribution in [0.25, 0.3) is 11.1 Å². The van der Waals surface area contributed by atoms with Gasteiger partial charge in [-0.2, -0.15) is 0 Å². The van der Waals surface area contributed by atoms with Crippen molar-refractivity contribution >= 4 is 55.7 Å². The van der Waals surface area contributed by atoms with Crippen molar-refractivity contribution in [3.63, 3.8) is 0 Å². The van der Waals surface area contributed by atoms with Crippen LogP contribution in [0.5, 0.6) is 0 Å². The Hall–Kier alpha value is -2.51. The van der Waals surface area contributed by atoms with Crippen molar-refractivity contribution in [3.8, 4) is 11.1 Å². The number of halogens is 2. The topological polar surface area (TPSA) is 0 Å². The van der Waals surface area contributed by atoms with Crippen LogP contribution in [0.2, 0.25) is 0 Å². The van der Waals surface area contributed by atoms with Gasteiger partial charge < -0.3 is 0 Å². The van der Waals surface area contributed by atoms with Gasteiger partial charge >= 0.3 is 0 Å². The van der Waals surface area contributed by atoms with E-state index >= 15 is 0 Å². The SMILES string of the molecule is BrCc1ccc2c(c1)Cc1cc(CBr)ccc1-2.c1ccc([PH+](c2ccccc2)c2ccccc2)cc1. The monoisotopic (exact) mass is 613 g/mol. The molecule has 0 N–H and O–H groups in total. The highest BCUT2D eigenvalue weighted by atomic mass is 79.9. The number of alkyl halides is 2. The summed E-state index contributed by atoms with van der Waals surface area (Å²) < 4.78 is 0. The summed E-state index contributed by atoms with van der Waals surface area (Å²) in [7, 11) is -0.877. The molecule has 0 bridgehead atoms. The Morgan fingerprint density at radius 1 is 0.472 bits per heavy atom. The molecule has 0 saturated carbocycles. The Morgan fingerprint density at radius 2 is 0.833 bits per heavy atom. The summed E-state index contributed by atoms with van der Waals surface area (Å²) in [6.07, 6.45) is 1.08. The maximum atomic E-state index is 3.52. The van der Waals surface area contributed by atoms with Crippen LogP contribution >= 0.6 is 39.8 Å². The zero-order valence-electron chi connectivity index (χ0n) is 20.0. The molecular weight excluding hydrogens is 587 g/mol. The molecule has 178 valence electrons. The van der Waals surface area contributed by atoms with Crippen LogP contribution in [-0.2, 0) is 17.1 Å². The summed E-state index contributed by atoms with van der Waals surface area (Å²) >= 11 is 7.04. The van der Waals surface area contributed by atoms with Crippen LogP contribution in [0.3, 0.4) is 0 Å². The normalized spacial score (nSPS) is 11.4. The number of benzene rings is 5. The minimum absolute atomic E-state index is 0.877. The summed E-state index contributed by atoms with van der Waals surface area (Å²) in [4.78, 5) is 0. The van der Waals surface area contributed by atoms with Crippen LogP contribution in [0.4, 0.5) is 0 Å². The van der Waals surface area contributed by atoms with E-state index in [2.05, 4.69) is 159 Å². The largest absolute Gasteiger partial charge is 0.102 e. The first-order valence-corrected chi connectivity index (χ1v) is 15.9. The molecule has 0 saturated heterocycles. The molecule has 0 amide bonds. The fraction of sp³-hybridized carbons (Fsp3) is 0.0909. The van der Waals surface area contributed by atoms with Crippen LogP contribution in [0.15, 0.2) is 127 Å². The van der Waals surface area contributed by atoms with Gasteiger partial charge in [-0.1, -0.05) is 123 Å². The van der Waals surface area contributed by atoms with Gasteiger partial charge in [0, 0.05) is 10.7 Å². The summed E-state index contributed by atoms with van der Waals surface area (Å²) in [5.74, 6) is 0. The zero-order chi connectivity index (χ0) is 24.7. The molecule has 0 spiro atoms. The van der Waals surface area contributed by atoms with Crippen molar-refractivity contribution in [2.45, 2.75) is 17.1 Å². The van der Waals surface area contributed by atoms with Crippen LogP contribution in [0.1, 0.15) is 22.3 Å². The maximum Gasteiger partial charge on any atom is 0.102 e. The molecule has 0 atom stereocenters. The van der Waals surface area contributed by atoms with Gasteiger partial charge in [-0.3, -0.25) is 0 Å². The highest BCUT2D eigenvalue weighted by Crippen LogP contribution is 2.38. The van der Waals surface area contributed by atoms with Crippen LogP contribution in [-0.4, -0.2) is 0 Å². The van der Waals surface area contributed by atoms with Crippen molar-refractivity contribution < 1.29 is 0 Å². The van der Waals surface area contributed by atoms with Gasteiger partial charge in [-0.05, 0) is 76.2 Å².